The summed E-state index contributed by atoms with van der Waals surface area (Å²) in [4.78, 5) is 17.0. The number of fused-ring (bicyclic) bond motifs is 2. The van der Waals surface area contributed by atoms with Crippen molar-refractivity contribution in [3.8, 4) is 0 Å². The first-order valence-electron chi connectivity index (χ1n) is 7.85. The fourth-order valence-corrected chi connectivity index (χ4v) is 4.09. The smallest absolute Gasteiger partial charge is 0.271 e. The number of aromatic nitrogens is 2. The minimum Gasteiger partial charge on any atom is -0.377 e. The molecule has 0 bridgehead atoms. The van der Waals surface area contributed by atoms with Crippen molar-refractivity contribution in [1.82, 2.24) is 14.7 Å². The van der Waals surface area contributed by atoms with Crippen molar-refractivity contribution >= 4 is 11.6 Å². The Bertz CT molecular complexity index is 749. The standard InChI is InChI=1S/C17H21N3O2/c1-10-5-4-6-13-18-12(9-20(10)13)16(21)19-14-11-7-8-22-15(11)17(14,2)3/h4-6,9,11,14-15H,7-8H2,1-3H3,(H,19,21). The number of hydrogen-bond donors (Lipinski definition) is 1. The summed E-state index contributed by atoms with van der Waals surface area (Å²) in [7, 11) is 0. The third kappa shape index (κ3) is 1.81. The quantitative estimate of drug-likeness (QED) is 0.925. The molecule has 22 heavy (non-hydrogen) atoms. The predicted molar refractivity (Wildman–Crippen MR) is 82.8 cm³/mol. The zero-order chi connectivity index (χ0) is 15.5. The predicted octanol–water partition coefficient (Wildman–Crippen LogP) is 2.19. The molecular formula is C17H21N3O2. The molecule has 1 aliphatic heterocycles. The molecule has 5 heteroatoms. The van der Waals surface area contributed by atoms with E-state index in [1.807, 2.05) is 35.7 Å². The molecule has 1 saturated heterocycles. The van der Waals surface area contributed by atoms with Gasteiger partial charge in [0.25, 0.3) is 5.91 Å². The van der Waals surface area contributed by atoms with E-state index in [1.165, 1.54) is 0 Å². The Morgan fingerprint density at radius 3 is 3.05 bits per heavy atom. The van der Waals surface area contributed by atoms with Crippen LogP contribution in [0.1, 0.15) is 36.5 Å². The monoisotopic (exact) mass is 299 g/mol. The van der Waals surface area contributed by atoms with Gasteiger partial charge in [-0.25, -0.2) is 4.98 Å². The second-order valence-electron chi connectivity index (χ2n) is 7.04. The van der Waals surface area contributed by atoms with Gasteiger partial charge in [0.1, 0.15) is 11.3 Å². The van der Waals surface area contributed by atoms with Crippen LogP contribution in [0.4, 0.5) is 0 Å². The normalized spacial score (nSPS) is 29.1. The number of carbonyl (C=O) groups is 1. The molecule has 2 aromatic heterocycles. The van der Waals surface area contributed by atoms with Crippen LogP contribution in [0, 0.1) is 18.3 Å². The molecule has 0 spiro atoms. The summed E-state index contributed by atoms with van der Waals surface area (Å²) >= 11 is 0. The van der Waals surface area contributed by atoms with Crippen LogP contribution in [0.5, 0.6) is 0 Å². The van der Waals surface area contributed by atoms with Gasteiger partial charge in [-0.3, -0.25) is 4.79 Å². The van der Waals surface area contributed by atoms with Crippen LogP contribution in [0.25, 0.3) is 5.65 Å². The lowest BCUT2D eigenvalue weighted by Crippen LogP contribution is -2.66. The molecule has 1 saturated carbocycles. The molecule has 4 rings (SSSR count). The highest BCUT2D eigenvalue weighted by atomic mass is 16.5. The molecule has 1 amide bonds. The minimum atomic E-state index is -0.0912. The molecule has 5 nitrogen and oxygen atoms in total. The molecule has 2 fully saturated rings. The van der Waals surface area contributed by atoms with Crippen molar-refractivity contribution in [2.24, 2.45) is 11.3 Å². The molecule has 0 radical (unpaired) electrons. The summed E-state index contributed by atoms with van der Waals surface area (Å²) in [6.07, 6.45) is 3.12. The molecule has 3 atom stereocenters. The third-order valence-corrected chi connectivity index (χ3v) is 5.32. The number of hydrogen-bond acceptors (Lipinski definition) is 3. The summed E-state index contributed by atoms with van der Waals surface area (Å²) in [5.41, 5.74) is 2.34. The Hall–Kier alpha value is -1.88. The van der Waals surface area contributed by atoms with E-state index in [9.17, 15) is 4.79 Å². The van der Waals surface area contributed by atoms with E-state index in [0.29, 0.717) is 11.6 Å². The lowest BCUT2D eigenvalue weighted by Gasteiger charge is -2.54. The Balaban J connectivity index is 1.58. The first kappa shape index (κ1) is 13.8. The van der Waals surface area contributed by atoms with Gasteiger partial charge in [0.05, 0.1) is 6.10 Å². The molecule has 2 aromatic rings. The van der Waals surface area contributed by atoms with Gasteiger partial charge in [0, 0.05) is 35.9 Å². The number of imidazole rings is 1. The highest BCUT2D eigenvalue weighted by molar-refractivity contribution is 5.93. The number of carbonyl (C=O) groups excluding carboxylic acids is 1. The van der Waals surface area contributed by atoms with Crippen LogP contribution in [0.2, 0.25) is 0 Å². The van der Waals surface area contributed by atoms with Crippen molar-refractivity contribution < 1.29 is 9.53 Å². The zero-order valence-electron chi connectivity index (χ0n) is 13.2. The zero-order valence-corrected chi connectivity index (χ0v) is 13.2. The molecule has 1 aliphatic carbocycles. The number of nitrogens with zero attached hydrogens (tertiary/aromatic N) is 2. The number of ether oxygens (including phenoxy) is 1. The number of amides is 1. The molecule has 2 aliphatic rings. The van der Waals surface area contributed by atoms with Gasteiger partial charge in [0.15, 0.2) is 0 Å². The van der Waals surface area contributed by atoms with Crippen LogP contribution in [0.3, 0.4) is 0 Å². The van der Waals surface area contributed by atoms with E-state index in [2.05, 4.69) is 24.1 Å². The molecule has 3 heterocycles. The SMILES string of the molecule is Cc1cccc2nc(C(=O)NC3C4CCOC4C3(C)C)cn12. The largest absolute Gasteiger partial charge is 0.377 e. The maximum Gasteiger partial charge on any atom is 0.271 e. The second-order valence-corrected chi connectivity index (χ2v) is 7.04. The van der Waals surface area contributed by atoms with Gasteiger partial charge in [-0.1, -0.05) is 19.9 Å². The van der Waals surface area contributed by atoms with Crippen LogP contribution in [0.15, 0.2) is 24.4 Å². The molecule has 3 unspecified atom stereocenters. The van der Waals surface area contributed by atoms with Crippen molar-refractivity contribution in [3.05, 3.63) is 35.8 Å². The van der Waals surface area contributed by atoms with Gasteiger partial charge in [0.2, 0.25) is 0 Å². The minimum absolute atomic E-state index is 0.00803. The number of nitrogens with one attached hydrogen (secondary N) is 1. The summed E-state index contributed by atoms with van der Waals surface area (Å²) in [6, 6.07) is 6.04. The van der Waals surface area contributed by atoms with Crippen molar-refractivity contribution in [2.45, 2.75) is 39.3 Å². The molecule has 1 N–H and O–H groups in total. The Labute approximate surface area is 129 Å². The molecule has 0 aromatic carbocycles. The van der Waals surface area contributed by atoms with Gasteiger partial charge < -0.3 is 14.5 Å². The maximum absolute atomic E-state index is 12.6. The fraction of sp³-hybridized carbons (Fsp3) is 0.529. The van der Waals surface area contributed by atoms with Gasteiger partial charge in [-0.05, 0) is 25.5 Å². The number of pyridine rings is 1. The maximum atomic E-state index is 12.6. The van der Waals surface area contributed by atoms with E-state index >= 15 is 0 Å². The van der Waals surface area contributed by atoms with Crippen LogP contribution in [-0.2, 0) is 4.74 Å². The van der Waals surface area contributed by atoms with Crippen molar-refractivity contribution in [1.29, 1.82) is 0 Å². The van der Waals surface area contributed by atoms with E-state index in [4.69, 9.17) is 4.74 Å². The number of aryl methyl sites for hydroxylation is 1. The first-order valence-corrected chi connectivity index (χ1v) is 7.85. The molecule has 116 valence electrons. The van der Waals surface area contributed by atoms with Gasteiger partial charge >= 0.3 is 0 Å². The van der Waals surface area contributed by atoms with E-state index in [0.717, 1.165) is 24.4 Å². The summed E-state index contributed by atoms with van der Waals surface area (Å²) in [6.45, 7) is 7.14. The van der Waals surface area contributed by atoms with E-state index in [-0.39, 0.29) is 23.5 Å². The Kier molecular flexibility index (Phi) is 2.85. The van der Waals surface area contributed by atoms with E-state index in [1.54, 1.807) is 0 Å². The highest BCUT2D eigenvalue weighted by Gasteiger charge is 2.59. The third-order valence-electron chi connectivity index (χ3n) is 5.32. The average Bonchev–Trinajstić information content (AvgIpc) is 3.10. The highest BCUT2D eigenvalue weighted by Crippen LogP contribution is 2.52. The van der Waals surface area contributed by atoms with Crippen molar-refractivity contribution in [3.63, 3.8) is 0 Å². The van der Waals surface area contributed by atoms with Gasteiger partial charge in [-0.2, -0.15) is 0 Å². The Morgan fingerprint density at radius 2 is 2.27 bits per heavy atom. The topological polar surface area (TPSA) is 55.6 Å². The molecular weight excluding hydrogens is 278 g/mol. The van der Waals surface area contributed by atoms with Crippen molar-refractivity contribution in [2.75, 3.05) is 6.61 Å². The average molecular weight is 299 g/mol. The number of rotatable bonds is 2. The van der Waals surface area contributed by atoms with Crippen LogP contribution >= 0.6 is 0 Å². The van der Waals surface area contributed by atoms with Crippen LogP contribution < -0.4 is 5.32 Å². The summed E-state index contributed by atoms with van der Waals surface area (Å²) in [5.74, 6) is 0.351. The van der Waals surface area contributed by atoms with Gasteiger partial charge in [-0.15, -0.1) is 0 Å². The van der Waals surface area contributed by atoms with E-state index < -0.39 is 0 Å². The lowest BCUT2D eigenvalue weighted by atomic mass is 9.57. The second kappa shape index (κ2) is 4.56. The summed E-state index contributed by atoms with van der Waals surface area (Å²) in [5, 5.41) is 3.18. The lowest BCUT2D eigenvalue weighted by molar-refractivity contribution is -0.108. The first-order chi connectivity index (χ1) is 10.5. The fourth-order valence-electron chi connectivity index (χ4n) is 4.09. The summed E-state index contributed by atoms with van der Waals surface area (Å²) < 4.78 is 7.72. The van der Waals surface area contributed by atoms with Crippen LogP contribution in [-0.4, -0.2) is 34.0 Å². The Morgan fingerprint density at radius 1 is 1.45 bits per heavy atom.